The Hall–Kier alpha value is -0.160. The average Bonchev–Trinajstić information content (AvgIpc) is 3.16. The van der Waals surface area contributed by atoms with E-state index in [4.69, 9.17) is 14.2 Å². The molecule has 2 saturated carbocycles. The Morgan fingerprint density at radius 1 is 1.06 bits per heavy atom. The highest BCUT2D eigenvalue weighted by Gasteiger charge is 2.65. The molecule has 0 bridgehead atoms. The molecule has 0 aromatic carbocycles. The van der Waals surface area contributed by atoms with Gasteiger partial charge < -0.3 is 19.3 Å². The summed E-state index contributed by atoms with van der Waals surface area (Å²) in [5, 5.41) is 9.53. The van der Waals surface area contributed by atoms with E-state index in [0.29, 0.717) is 5.92 Å². The summed E-state index contributed by atoms with van der Waals surface area (Å²) in [5.74, 6) is 0.217. The minimum absolute atomic E-state index is 0.106. The fourth-order valence-electron chi connectivity index (χ4n) is 4.23. The Labute approximate surface area is 108 Å². The molecule has 4 heteroatoms. The van der Waals surface area contributed by atoms with E-state index in [1.54, 1.807) is 0 Å². The molecule has 4 aliphatic rings. The van der Waals surface area contributed by atoms with Gasteiger partial charge in [-0.15, -0.1) is 0 Å². The Morgan fingerprint density at radius 2 is 1.72 bits per heavy atom. The SMILES string of the molecule is CC1(C)OC2CCC(C3(C4OC4O)CC3)CC2O1. The van der Waals surface area contributed by atoms with E-state index in [1.165, 1.54) is 19.3 Å². The number of epoxide rings is 1. The molecule has 4 rings (SSSR count). The van der Waals surface area contributed by atoms with Crippen LogP contribution in [0.2, 0.25) is 0 Å². The molecule has 0 aromatic rings. The van der Waals surface area contributed by atoms with E-state index in [2.05, 4.69) is 0 Å². The Balaban J connectivity index is 1.47. The first-order chi connectivity index (χ1) is 8.50. The van der Waals surface area contributed by atoms with Crippen LogP contribution in [0.5, 0.6) is 0 Å². The summed E-state index contributed by atoms with van der Waals surface area (Å²) in [6, 6.07) is 0. The maximum atomic E-state index is 9.53. The maximum absolute atomic E-state index is 9.53. The summed E-state index contributed by atoms with van der Waals surface area (Å²) in [4.78, 5) is 0. The van der Waals surface area contributed by atoms with Crippen molar-refractivity contribution in [2.75, 3.05) is 0 Å². The minimum Gasteiger partial charge on any atom is -0.366 e. The fraction of sp³-hybridized carbons (Fsp3) is 1.00. The molecule has 1 N–H and O–H groups in total. The van der Waals surface area contributed by atoms with Gasteiger partial charge in [-0.1, -0.05) is 0 Å². The zero-order valence-electron chi connectivity index (χ0n) is 11.1. The number of fused-ring (bicyclic) bond motifs is 1. The predicted octanol–water partition coefficient (Wildman–Crippen LogP) is 1.80. The second kappa shape index (κ2) is 3.48. The van der Waals surface area contributed by atoms with Crippen molar-refractivity contribution >= 4 is 0 Å². The molecule has 18 heavy (non-hydrogen) atoms. The normalized spacial score (nSPS) is 51.8. The van der Waals surface area contributed by atoms with Gasteiger partial charge in [-0.2, -0.15) is 0 Å². The third kappa shape index (κ3) is 1.66. The molecule has 2 aliphatic carbocycles. The van der Waals surface area contributed by atoms with Crippen LogP contribution in [0.3, 0.4) is 0 Å². The summed E-state index contributed by atoms with van der Waals surface area (Å²) in [6.45, 7) is 4.00. The van der Waals surface area contributed by atoms with Crippen LogP contribution in [0.15, 0.2) is 0 Å². The van der Waals surface area contributed by atoms with Crippen molar-refractivity contribution in [3.05, 3.63) is 0 Å². The topological polar surface area (TPSA) is 51.2 Å². The first-order valence-electron chi connectivity index (χ1n) is 7.19. The van der Waals surface area contributed by atoms with Crippen molar-refractivity contribution < 1.29 is 19.3 Å². The van der Waals surface area contributed by atoms with E-state index in [-0.39, 0.29) is 23.7 Å². The van der Waals surface area contributed by atoms with Crippen molar-refractivity contribution in [1.29, 1.82) is 0 Å². The van der Waals surface area contributed by atoms with Crippen LogP contribution in [0.1, 0.15) is 46.0 Å². The lowest BCUT2D eigenvalue weighted by Crippen LogP contribution is -2.37. The third-order valence-corrected chi connectivity index (χ3v) is 5.28. The molecule has 4 fully saturated rings. The van der Waals surface area contributed by atoms with Crippen LogP contribution < -0.4 is 0 Å². The van der Waals surface area contributed by atoms with E-state index in [0.717, 1.165) is 12.8 Å². The largest absolute Gasteiger partial charge is 0.366 e. The summed E-state index contributed by atoms with van der Waals surface area (Å²) in [6.07, 6.45) is 5.89. The van der Waals surface area contributed by atoms with Gasteiger partial charge in [0.1, 0.15) is 6.10 Å². The lowest BCUT2D eigenvalue weighted by atomic mass is 9.74. The van der Waals surface area contributed by atoms with E-state index in [9.17, 15) is 5.11 Å². The Kier molecular flexibility index (Phi) is 2.25. The summed E-state index contributed by atoms with van der Waals surface area (Å²) in [5.41, 5.74) is 0.264. The number of ether oxygens (including phenoxy) is 3. The van der Waals surface area contributed by atoms with Gasteiger partial charge in [-0.25, -0.2) is 0 Å². The van der Waals surface area contributed by atoms with Gasteiger partial charge in [0.05, 0.1) is 12.2 Å². The molecule has 0 radical (unpaired) electrons. The predicted molar refractivity (Wildman–Crippen MR) is 63.7 cm³/mol. The van der Waals surface area contributed by atoms with Crippen LogP contribution in [0.4, 0.5) is 0 Å². The van der Waals surface area contributed by atoms with E-state index < -0.39 is 12.1 Å². The molecule has 4 nitrogen and oxygen atoms in total. The number of rotatable bonds is 2. The number of aliphatic hydroxyl groups excluding tert-OH is 1. The lowest BCUT2D eigenvalue weighted by molar-refractivity contribution is -0.146. The highest BCUT2D eigenvalue weighted by Crippen LogP contribution is 2.64. The molecule has 102 valence electrons. The maximum Gasteiger partial charge on any atom is 0.182 e. The van der Waals surface area contributed by atoms with Crippen LogP contribution >= 0.6 is 0 Å². The average molecular weight is 254 g/mol. The van der Waals surface area contributed by atoms with Crippen molar-refractivity contribution in [2.24, 2.45) is 11.3 Å². The van der Waals surface area contributed by atoms with Crippen molar-refractivity contribution in [2.45, 2.75) is 76.3 Å². The quantitative estimate of drug-likeness (QED) is 0.763. The van der Waals surface area contributed by atoms with Gasteiger partial charge in [0.2, 0.25) is 0 Å². The van der Waals surface area contributed by atoms with E-state index >= 15 is 0 Å². The summed E-state index contributed by atoms with van der Waals surface area (Å²) in [7, 11) is 0. The second-order valence-corrected chi connectivity index (χ2v) is 6.90. The monoisotopic (exact) mass is 254 g/mol. The highest BCUT2D eigenvalue weighted by atomic mass is 16.8. The molecule has 2 saturated heterocycles. The molecule has 0 aromatic heterocycles. The van der Waals surface area contributed by atoms with Gasteiger partial charge in [-0.05, 0) is 51.9 Å². The first kappa shape index (κ1) is 11.6. The third-order valence-electron chi connectivity index (χ3n) is 5.28. The van der Waals surface area contributed by atoms with Crippen molar-refractivity contribution in [3.63, 3.8) is 0 Å². The van der Waals surface area contributed by atoms with E-state index in [1.807, 2.05) is 13.8 Å². The van der Waals surface area contributed by atoms with Crippen molar-refractivity contribution in [1.82, 2.24) is 0 Å². The highest BCUT2D eigenvalue weighted by molar-refractivity contribution is 5.11. The van der Waals surface area contributed by atoms with Gasteiger partial charge in [0.25, 0.3) is 0 Å². The fourth-order valence-corrected chi connectivity index (χ4v) is 4.23. The molecule has 0 spiro atoms. The van der Waals surface area contributed by atoms with Crippen LogP contribution in [0, 0.1) is 11.3 Å². The lowest BCUT2D eigenvalue weighted by Gasteiger charge is -2.34. The summed E-state index contributed by atoms with van der Waals surface area (Å²) < 4.78 is 17.3. The second-order valence-electron chi connectivity index (χ2n) is 6.90. The molecule has 0 amide bonds. The molecule has 5 unspecified atom stereocenters. The molecular weight excluding hydrogens is 232 g/mol. The molecular formula is C14H22O4. The smallest absolute Gasteiger partial charge is 0.182 e. The number of hydrogen-bond donors (Lipinski definition) is 1. The van der Waals surface area contributed by atoms with Gasteiger partial charge in [-0.3, -0.25) is 0 Å². The zero-order chi connectivity index (χ0) is 12.5. The van der Waals surface area contributed by atoms with Gasteiger partial charge in [0.15, 0.2) is 12.1 Å². The molecule has 5 atom stereocenters. The van der Waals surface area contributed by atoms with Gasteiger partial charge >= 0.3 is 0 Å². The minimum atomic E-state index is -0.498. The van der Waals surface area contributed by atoms with Crippen LogP contribution in [0.25, 0.3) is 0 Å². The first-order valence-corrected chi connectivity index (χ1v) is 7.19. The van der Waals surface area contributed by atoms with Gasteiger partial charge in [0, 0.05) is 5.41 Å². The Bertz CT molecular complexity index is 363. The van der Waals surface area contributed by atoms with Crippen LogP contribution in [-0.4, -0.2) is 35.5 Å². The number of aliphatic hydroxyl groups is 1. The summed E-state index contributed by atoms with van der Waals surface area (Å²) >= 11 is 0. The zero-order valence-corrected chi connectivity index (χ0v) is 11.1. The standard InChI is InChI=1S/C14H22O4/c1-13(2)17-9-4-3-8(7-10(9)18-13)14(5-6-14)11-12(15)16-11/h8-12,15H,3-7H2,1-2H3. The number of hydrogen-bond acceptors (Lipinski definition) is 4. The molecule has 2 heterocycles. The van der Waals surface area contributed by atoms with Crippen LogP contribution in [-0.2, 0) is 14.2 Å². The van der Waals surface area contributed by atoms with Crippen molar-refractivity contribution in [3.8, 4) is 0 Å². The Morgan fingerprint density at radius 3 is 2.33 bits per heavy atom. The molecule has 2 aliphatic heterocycles.